The molecular formula is C12H16O2. The fourth-order valence-electron chi connectivity index (χ4n) is 1.88. The van der Waals surface area contributed by atoms with Crippen LogP contribution in [0.4, 0.5) is 0 Å². The molecule has 0 N–H and O–H groups in total. The van der Waals surface area contributed by atoms with Gasteiger partial charge >= 0.3 is 0 Å². The molecule has 0 fully saturated rings. The van der Waals surface area contributed by atoms with Crippen molar-refractivity contribution in [3.8, 4) is 0 Å². The minimum atomic E-state index is 0.897. The fourth-order valence-corrected chi connectivity index (χ4v) is 1.88. The number of hydrogen-bond donors (Lipinski definition) is 0. The van der Waals surface area contributed by atoms with E-state index in [1.807, 2.05) is 6.07 Å². The van der Waals surface area contributed by atoms with Crippen LogP contribution in [-0.4, -0.2) is 0 Å². The number of hydrogen-bond acceptors (Lipinski definition) is 2. The first-order valence-corrected chi connectivity index (χ1v) is 5.36. The van der Waals surface area contributed by atoms with E-state index in [2.05, 4.69) is 19.9 Å². The van der Waals surface area contributed by atoms with Crippen LogP contribution in [-0.2, 0) is 12.8 Å². The third-order valence-electron chi connectivity index (χ3n) is 2.56. The van der Waals surface area contributed by atoms with Crippen molar-refractivity contribution in [3.63, 3.8) is 0 Å². The van der Waals surface area contributed by atoms with Gasteiger partial charge in [0.25, 0.3) is 0 Å². The van der Waals surface area contributed by atoms with Gasteiger partial charge in [0.05, 0.1) is 0 Å². The molecule has 76 valence electrons. The lowest BCUT2D eigenvalue weighted by atomic mass is 9.98. The molecule has 0 saturated heterocycles. The zero-order chi connectivity index (χ0) is 9.97. The summed E-state index contributed by atoms with van der Waals surface area (Å²) in [6.45, 7) is 4.39. The highest BCUT2D eigenvalue weighted by Gasteiger charge is 2.13. The van der Waals surface area contributed by atoms with E-state index in [-0.39, 0.29) is 0 Å². The van der Waals surface area contributed by atoms with Gasteiger partial charge in [0.15, 0.2) is 0 Å². The molecule has 0 aliphatic rings. The van der Waals surface area contributed by atoms with Crippen LogP contribution in [0.3, 0.4) is 0 Å². The molecule has 0 unspecified atom stereocenters. The van der Waals surface area contributed by atoms with Crippen LogP contribution in [0.15, 0.2) is 21.3 Å². The average molecular weight is 192 g/mol. The molecule has 0 amide bonds. The van der Waals surface area contributed by atoms with Crippen molar-refractivity contribution in [2.45, 2.75) is 39.5 Å². The van der Waals surface area contributed by atoms with Gasteiger partial charge in [0.1, 0.15) is 0 Å². The van der Waals surface area contributed by atoms with E-state index in [1.165, 1.54) is 17.5 Å². The van der Waals surface area contributed by atoms with E-state index in [4.69, 9.17) is 9.15 Å². The number of rotatable bonds is 4. The lowest BCUT2D eigenvalue weighted by Gasteiger charge is -2.10. The van der Waals surface area contributed by atoms with Crippen molar-refractivity contribution in [1.29, 1.82) is 0 Å². The first kappa shape index (κ1) is 9.38. The number of benzene rings is 1. The highest BCUT2D eigenvalue weighted by atomic mass is 17.0. The Labute approximate surface area is 83.8 Å². The quantitative estimate of drug-likeness (QED) is 0.686. The third-order valence-corrected chi connectivity index (χ3v) is 2.56. The SMILES string of the molecule is CCCc1ccc2ooc2c1CCC. The summed E-state index contributed by atoms with van der Waals surface area (Å²) in [4.78, 5) is 0. The largest absolute Gasteiger partial charge is 0.286 e. The molecular weight excluding hydrogens is 176 g/mol. The Kier molecular flexibility index (Phi) is 2.62. The molecule has 1 heterocycles. The fraction of sp³-hybridized carbons (Fsp3) is 0.500. The van der Waals surface area contributed by atoms with Crippen LogP contribution in [0, 0.1) is 0 Å². The summed E-state index contributed by atoms with van der Waals surface area (Å²) in [6.07, 6.45) is 4.54. The summed E-state index contributed by atoms with van der Waals surface area (Å²) in [5.41, 5.74) is 4.63. The molecule has 2 rings (SSSR count). The van der Waals surface area contributed by atoms with Gasteiger partial charge in [-0.05, 0) is 24.5 Å². The molecule has 0 radical (unpaired) electrons. The maximum Gasteiger partial charge on any atom is 0.229 e. The predicted molar refractivity (Wildman–Crippen MR) is 56.5 cm³/mol. The minimum Gasteiger partial charge on any atom is -0.286 e. The van der Waals surface area contributed by atoms with E-state index < -0.39 is 0 Å². The maximum absolute atomic E-state index is 5.05. The molecule has 1 aromatic carbocycles. The second-order valence-corrected chi connectivity index (χ2v) is 3.70. The van der Waals surface area contributed by atoms with Gasteiger partial charge < -0.3 is 0 Å². The standard InChI is InChI=1S/C12H16O2/c1-3-5-9-7-8-11-12(14-13-11)10(9)6-4-2/h7-8H,3-6H2,1-2H3. The minimum absolute atomic E-state index is 0.897. The molecule has 0 aliphatic heterocycles. The molecule has 0 saturated carbocycles. The summed E-state index contributed by atoms with van der Waals surface area (Å²) in [6, 6.07) is 4.17. The summed E-state index contributed by atoms with van der Waals surface area (Å²) in [5.74, 6) is 0. The smallest absolute Gasteiger partial charge is 0.229 e. The lowest BCUT2D eigenvalue weighted by Crippen LogP contribution is -1.96. The first-order valence-electron chi connectivity index (χ1n) is 5.36. The highest BCUT2D eigenvalue weighted by Crippen LogP contribution is 2.27. The van der Waals surface area contributed by atoms with Crippen molar-refractivity contribution in [1.82, 2.24) is 0 Å². The number of fused-ring (bicyclic) bond motifs is 1. The Hall–Kier alpha value is -1.18. The van der Waals surface area contributed by atoms with E-state index in [1.54, 1.807) is 0 Å². The van der Waals surface area contributed by atoms with Crippen molar-refractivity contribution in [2.24, 2.45) is 0 Å². The Morgan fingerprint density at radius 2 is 1.79 bits per heavy atom. The molecule has 0 atom stereocenters. The van der Waals surface area contributed by atoms with Gasteiger partial charge in [-0.1, -0.05) is 32.8 Å². The van der Waals surface area contributed by atoms with Crippen LogP contribution >= 0.6 is 0 Å². The van der Waals surface area contributed by atoms with Crippen LogP contribution in [0.2, 0.25) is 0 Å². The van der Waals surface area contributed by atoms with Gasteiger partial charge in [-0.3, -0.25) is 9.15 Å². The van der Waals surface area contributed by atoms with Gasteiger partial charge in [-0.15, -0.1) is 0 Å². The van der Waals surface area contributed by atoms with E-state index in [0.29, 0.717) is 0 Å². The molecule has 0 aliphatic carbocycles. The van der Waals surface area contributed by atoms with Crippen molar-refractivity contribution in [2.75, 3.05) is 0 Å². The first-order chi connectivity index (χ1) is 6.86. The van der Waals surface area contributed by atoms with Gasteiger partial charge in [-0.25, -0.2) is 0 Å². The summed E-state index contributed by atoms with van der Waals surface area (Å²) in [5, 5.41) is 0. The maximum atomic E-state index is 5.05. The average Bonchev–Trinajstić information content (AvgIpc) is 2.12. The van der Waals surface area contributed by atoms with Crippen molar-refractivity contribution < 1.29 is 9.15 Å². The second-order valence-electron chi connectivity index (χ2n) is 3.70. The predicted octanol–water partition coefficient (Wildman–Crippen LogP) is 3.93. The second kappa shape index (κ2) is 3.91. The molecule has 2 nitrogen and oxygen atoms in total. The van der Waals surface area contributed by atoms with Crippen LogP contribution in [0.25, 0.3) is 11.2 Å². The Morgan fingerprint density at radius 3 is 2.36 bits per heavy atom. The van der Waals surface area contributed by atoms with Gasteiger partial charge in [-0.2, -0.15) is 0 Å². The summed E-state index contributed by atoms with van der Waals surface area (Å²) in [7, 11) is 0. The molecule has 0 spiro atoms. The summed E-state index contributed by atoms with van der Waals surface area (Å²) >= 11 is 0. The monoisotopic (exact) mass is 192 g/mol. The molecule has 2 heteroatoms. The molecule has 1 aromatic heterocycles. The third kappa shape index (κ3) is 1.45. The Balaban J connectivity index is 2.42. The van der Waals surface area contributed by atoms with Gasteiger partial charge in [0.2, 0.25) is 11.2 Å². The van der Waals surface area contributed by atoms with Gasteiger partial charge in [0, 0.05) is 5.56 Å². The van der Waals surface area contributed by atoms with Crippen LogP contribution in [0.5, 0.6) is 0 Å². The van der Waals surface area contributed by atoms with E-state index >= 15 is 0 Å². The van der Waals surface area contributed by atoms with E-state index in [9.17, 15) is 0 Å². The van der Waals surface area contributed by atoms with Crippen molar-refractivity contribution in [3.05, 3.63) is 23.3 Å². The molecule has 0 bridgehead atoms. The summed E-state index contributed by atoms with van der Waals surface area (Å²) < 4.78 is 9.94. The van der Waals surface area contributed by atoms with Crippen molar-refractivity contribution >= 4 is 11.2 Å². The van der Waals surface area contributed by atoms with Crippen LogP contribution < -0.4 is 0 Å². The zero-order valence-corrected chi connectivity index (χ0v) is 8.80. The van der Waals surface area contributed by atoms with E-state index in [0.717, 1.165) is 30.4 Å². The van der Waals surface area contributed by atoms with Crippen LogP contribution in [0.1, 0.15) is 37.8 Å². The zero-order valence-electron chi connectivity index (χ0n) is 8.80. The molecule has 2 aromatic rings. The molecule has 14 heavy (non-hydrogen) atoms. The lowest BCUT2D eigenvalue weighted by molar-refractivity contribution is 0.0579. The highest BCUT2D eigenvalue weighted by molar-refractivity contribution is 5.76. The Morgan fingerprint density at radius 1 is 1.00 bits per heavy atom. The Bertz CT molecular complexity index is 409. The number of aryl methyl sites for hydroxylation is 2. The topological polar surface area (TPSA) is 26.3 Å². The normalized spacial score (nSPS) is 11.3.